The second kappa shape index (κ2) is 8.93. The van der Waals surface area contributed by atoms with Crippen molar-refractivity contribution in [2.45, 2.75) is 0 Å². The molecule has 138 valence electrons. The van der Waals surface area contributed by atoms with E-state index in [9.17, 15) is 14.9 Å². The number of nitro benzene ring substituents is 1. The van der Waals surface area contributed by atoms with Crippen LogP contribution in [0.5, 0.6) is 0 Å². The van der Waals surface area contributed by atoms with E-state index in [2.05, 4.69) is 0 Å². The van der Waals surface area contributed by atoms with Gasteiger partial charge < -0.3 is 0 Å². The Kier molecular flexibility index (Phi) is 6.14. The first-order valence-corrected chi connectivity index (χ1v) is 8.90. The summed E-state index contributed by atoms with van der Waals surface area (Å²) in [6, 6.07) is 22.4. The highest BCUT2D eigenvalue weighted by Crippen LogP contribution is 2.19. The van der Waals surface area contributed by atoms with E-state index in [0.29, 0.717) is 21.7 Å². The lowest BCUT2D eigenvalue weighted by Crippen LogP contribution is -2.01. The predicted octanol–water partition coefficient (Wildman–Crippen LogP) is 6.23. The van der Waals surface area contributed by atoms with Crippen molar-refractivity contribution in [3.05, 3.63) is 122 Å². The van der Waals surface area contributed by atoms with Gasteiger partial charge in [-0.3, -0.25) is 14.9 Å². The molecular formula is C23H16ClNO3. The maximum absolute atomic E-state index is 13.0. The third-order valence-electron chi connectivity index (χ3n) is 4.05. The van der Waals surface area contributed by atoms with E-state index < -0.39 is 4.92 Å². The fourth-order valence-electron chi connectivity index (χ4n) is 2.58. The van der Waals surface area contributed by atoms with Gasteiger partial charge in [-0.1, -0.05) is 54.1 Å². The average Bonchev–Trinajstić information content (AvgIpc) is 2.72. The van der Waals surface area contributed by atoms with Crippen molar-refractivity contribution >= 4 is 35.2 Å². The third-order valence-corrected chi connectivity index (χ3v) is 4.30. The summed E-state index contributed by atoms with van der Waals surface area (Å²) >= 11 is 5.91. The number of nitro groups is 1. The lowest BCUT2D eigenvalue weighted by atomic mass is 9.99. The number of rotatable bonds is 6. The number of nitrogens with zero attached hydrogens (tertiary/aromatic N) is 1. The Labute approximate surface area is 167 Å². The molecule has 28 heavy (non-hydrogen) atoms. The second-order valence-electron chi connectivity index (χ2n) is 6.03. The van der Waals surface area contributed by atoms with Crippen LogP contribution in [0.3, 0.4) is 0 Å². The van der Waals surface area contributed by atoms with Crippen molar-refractivity contribution in [1.82, 2.24) is 0 Å². The van der Waals surface area contributed by atoms with Crippen molar-refractivity contribution in [2.75, 3.05) is 0 Å². The van der Waals surface area contributed by atoms with Crippen molar-refractivity contribution in [1.29, 1.82) is 0 Å². The first-order chi connectivity index (χ1) is 13.5. The Hall–Kier alpha value is -3.50. The Morgan fingerprint density at radius 2 is 1.50 bits per heavy atom. The van der Waals surface area contributed by atoms with Crippen LogP contribution >= 0.6 is 11.6 Å². The molecule has 0 aliphatic rings. The molecule has 0 heterocycles. The lowest BCUT2D eigenvalue weighted by Gasteiger charge is -2.04. The van der Waals surface area contributed by atoms with E-state index in [0.717, 1.165) is 5.56 Å². The Morgan fingerprint density at radius 3 is 2.11 bits per heavy atom. The molecule has 0 saturated carbocycles. The molecule has 3 aromatic rings. The van der Waals surface area contributed by atoms with Crippen LogP contribution in [0.15, 0.2) is 90.5 Å². The van der Waals surface area contributed by atoms with Gasteiger partial charge in [-0.25, -0.2) is 0 Å². The van der Waals surface area contributed by atoms with Gasteiger partial charge in [0.1, 0.15) is 0 Å². The molecule has 0 aliphatic carbocycles. The van der Waals surface area contributed by atoms with Crippen LogP contribution in [0.1, 0.15) is 21.5 Å². The molecular weight excluding hydrogens is 374 g/mol. The summed E-state index contributed by atoms with van der Waals surface area (Å²) in [5.74, 6) is -0.165. The summed E-state index contributed by atoms with van der Waals surface area (Å²) in [6.45, 7) is 0. The summed E-state index contributed by atoms with van der Waals surface area (Å²) in [5.41, 5.74) is 2.62. The lowest BCUT2D eigenvalue weighted by molar-refractivity contribution is -0.384. The summed E-state index contributed by atoms with van der Waals surface area (Å²) in [7, 11) is 0. The second-order valence-corrected chi connectivity index (χ2v) is 6.46. The minimum absolute atomic E-state index is 0.00237. The zero-order valence-corrected chi connectivity index (χ0v) is 15.5. The number of ketones is 1. The molecule has 0 spiro atoms. The third kappa shape index (κ3) is 5.02. The van der Waals surface area contributed by atoms with Gasteiger partial charge in [-0.2, -0.15) is 0 Å². The predicted molar refractivity (Wildman–Crippen MR) is 112 cm³/mol. The maximum Gasteiger partial charge on any atom is 0.269 e. The fourth-order valence-corrected chi connectivity index (χ4v) is 2.71. The number of carbonyl (C=O) groups excluding carboxylic acids is 1. The number of benzene rings is 3. The summed E-state index contributed by atoms with van der Waals surface area (Å²) in [5, 5.41) is 11.4. The van der Waals surface area contributed by atoms with E-state index in [-0.39, 0.29) is 11.5 Å². The number of allylic oxidation sites excluding steroid dienone is 2. The monoisotopic (exact) mass is 389 g/mol. The maximum atomic E-state index is 13.0. The topological polar surface area (TPSA) is 60.2 Å². The first kappa shape index (κ1) is 19.3. The number of hydrogen-bond donors (Lipinski definition) is 0. The smallest absolute Gasteiger partial charge is 0.269 e. The molecule has 0 aromatic heterocycles. The van der Waals surface area contributed by atoms with Gasteiger partial charge in [0.25, 0.3) is 5.69 Å². The molecule has 0 fully saturated rings. The van der Waals surface area contributed by atoms with Gasteiger partial charge in [-0.15, -0.1) is 0 Å². The van der Waals surface area contributed by atoms with Gasteiger partial charge in [0, 0.05) is 28.3 Å². The number of Topliss-reactive ketones (excluding diaryl/α,β-unsaturated/α-hetero) is 1. The zero-order valence-electron chi connectivity index (χ0n) is 14.8. The van der Waals surface area contributed by atoms with Crippen LogP contribution < -0.4 is 0 Å². The summed E-state index contributed by atoms with van der Waals surface area (Å²) in [6.07, 6.45) is 5.30. The van der Waals surface area contributed by atoms with E-state index >= 15 is 0 Å². The average molecular weight is 390 g/mol. The van der Waals surface area contributed by atoms with E-state index in [4.69, 9.17) is 11.6 Å². The SMILES string of the molecule is O=C(C(=Cc1ccc([N+](=O)[O-])cc1)/C=C/c1ccccc1)c1ccc(Cl)cc1. The van der Waals surface area contributed by atoms with Gasteiger partial charge in [0.2, 0.25) is 0 Å². The van der Waals surface area contributed by atoms with Crippen LogP contribution in [0, 0.1) is 10.1 Å². The zero-order chi connectivity index (χ0) is 19.9. The first-order valence-electron chi connectivity index (χ1n) is 8.52. The van der Waals surface area contributed by atoms with Crippen molar-refractivity contribution in [3.63, 3.8) is 0 Å². The summed E-state index contributed by atoms with van der Waals surface area (Å²) in [4.78, 5) is 23.4. The molecule has 0 unspecified atom stereocenters. The molecule has 0 aliphatic heterocycles. The largest absolute Gasteiger partial charge is 0.289 e. The highest BCUT2D eigenvalue weighted by Gasteiger charge is 2.11. The molecule has 0 atom stereocenters. The normalized spacial score (nSPS) is 11.5. The number of non-ortho nitro benzene ring substituents is 1. The molecule has 4 nitrogen and oxygen atoms in total. The van der Waals surface area contributed by atoms with E-state index in [1.54, 1.807) is 48.6 Å². The van der Waals surface area contributed by atoms with Crippen LogP contribution in [-0.2, 0) is 0 Å². The molecule has 0 N–H and O–H groups in total. The highest BCUT2D eigenvalue weighted by atomic mass is 35.5. The van der Waals surface area contributed by atoms with Crippen LogP contribution in [0.25, 0.3) is 12.2 Å². The van der Waals surface area contributed by atoms with Crippen molar-refractivity contribution in [2.24, 2.45) is 0 Å². The fraction of sp³-hybridized carbons (Fsp3) is 0. The molecule has 0 amide bonds. The van der Waals surface area contributed by atoms with Gasteiger partial charge >= 0.3 is 0 Å². The number of carbonyl (C=O) groups is 1. The van der Waals surface area contributed by atoms with Gasteiger partial charge in [0.15, 0.2) is 5.78 Å². The molecule has 0 saturated heterocycles. The Balaban J connectivity index is 1.97. The summed E-state index contributed by atoms with van der Waals surface area (Å²) < 4.78 is 0. The quantitative estimate of drug-likeness (QED) is 0.165. The number of hydrogen-bond acceptors (Lipinski definition) is 3. The molecule has 3 rings (SSSR count). The van der Waals surface area contributed by atoms with Crippen LogP contribution in [-0.4, -0.2) is 10.7 Å². The number of halogens is 1. The molecule has 3 aromatic carbocycles. The molecule has 5 heteroatoms. The molecule has 0 radical (unpaired) electrons. The Morgan fingerprint density at radius 1 is 0.857 bits per heavy atom. The van der Waals surface area contributed by atoms with Crippen molar-refractivity contribution < 1.29 is 9.72 Å². The minimum Gasteiger partial charge on any atom is -0.289 e. The van der Waals surface area contributed by atoms with Gasteiger partial charge in [-0.05, 0) is 53.6 Å². The van der Waals surface area contributed by atoms with Crippen LogP contribution in [0.4, 0.5) is 5.69 Å². The van der Waals surface area contributed by atoms with E-state index in [1.165, 1.54) is 12.1 Å². The minimum atomic E-state index is -0.456. The standard InChI is InChI=1S/C23H16ClNO3/c24-21-12-10-19(11-13-21)23(26)20(9-6-17-4-2-1-3-5-17)16-18-7-14-22(15-8-18)25(27)28/h1-16H/b9-6+,20-16?. The van der Waals surface area contributed by atoms with Crippen LogP contribution in [0.2, 0.25) is 5.02 Å². The Bertz CT molecular complexity index is 1040. The van der Waals surface area contributed by atoms with E-state index in [1.807, 2.05) is 36.4 Å². The van der Waals surface area contributed by atoms with Gasteiger partial charge in [0.05, 0.1) is 4.92 Å². The highest BCUT2D eigenvalue weighted by molar-refractivity contribution is 6.30. The van der Waals surface area contributed by atoms with Crippen molar-refractivity contribution in [3.8, 4) is 0 Å². The molecule has 0 bridgehead atoms.